The number of hydrogen-bond donors (Lipinski definition) is 0. The van der Waals surface area contributed by atoms with Gasteiger partial charge in [0.1, 0.15) is 0 Å². The van der Waals surface area contributed by atoms with E-state index in [4.69, 9.17) is 10.5 Å². The molecule has 0 saturated carbocycles. The maximum absolute atomic E-state index is 7.26. The average molecular weight is 274 g/mol. The van der Waals surface area contributed by atoms with Gasteiger partial charge >= 0.3 is 69.6 Å². The molecule has 0 heterocycles. The summed E-state index contributed by atoms with van der Waals surface area (Å²) in [4.78, 5) is 3.25. The molecule has 1 radical (unpaired) electrons. The van der Waals surface area contributed by atoms with E-state index in [0.717, 1.165) is 0 Å². The van der Waals surface area contributed by atoms with Crippen LogP contribution in [0.3, 0.4) is 0 Å². The van der Waals surface area contributed by atoms with Crippen LogP contribution in [0.15, 0.2) is 0 Å². The van der Waals surface area contributed by atoms with Crippen LogP contribution in [0, 0.1) is 20.5 Å². The largest absolute Gasteiger partial charge is 2.00 e. The minimum atomic E-state index is 0. The van der Waals surface area contributed by atoms with Crippen LogP contribution in [-0.2, 0) is 17.1 Å². The third kappa shape index (κ3) is 465. The quantitative estimate of drug-likeness (QED) is 0.546. The summed E-state index contributed by atoms with van der Waals surface area (Å²) in [5.74, 6) is 0. The van der Waals surface area contributed by atoms with E-state index in [1.807, 2.05) is 0 Å². The van der Waals surface area contributed by atoms with Gasteiger partial charge in [-0.2, -0.15) is 0 Å². The molecule has 0 fully saturated rings. The van der Waals surface area contributed by atoms with E-state index in [-0.39, 0.29) is 17.1 Å². The van der Waals surface area contributed by atoms with E-state index in [9.17, 15) is 0 Å². The van der Waals surface area contributed by atoms with Crippen molar-refractivity contribution in [3.05, 3.63) is 0 Å². The van der Waals surface area contributed by atoms with Crippen molar-refractivity contribution in [3.63, 3.8) is 0 Å². The summed E-state index contributed by atoms with van der Waals surface area (Å²) in [6, 6.07) is 0. The number of rotatable bonds is 0. The minimum absolute atomic E-state index is 0. The number of hydrogen-bond acceptors (Lipinski definition) is 2. The van der Waals surface area contributed by atoms with Crippen molar-refractivity contribution in [3.8, 4) is 9.94 Å². The van der Waals surface area contributed by atoms with E-state index in [0.29, 0.717) is 0 Å². The molecule has 7 heavy (non-hydrogen) atoms. The summed E-state index contributed by atoms with van der Waals surface area (Å²) in [6.07, 6.45) is 0. The molecule has 0 rings (SSSR count). The second-order valence-electron chi connectivity index (χ2n) is 0.183. The van der Waals surface area contributed by atoms with Gasteiger partial charge in [-0.05, 0) is 0 Å². The molecule has 41 valence electrons. The summed E-state index contributed by atoms with van der Waals surface area (Å²) in [5.41, 5.74) is 0. The first-order valence-corrected chi connectivity index (χ1v) is 2.57. The number of nitrogens with zero attached hydrogens (tertiary/aromatic N) is 2. The maximum Gasteiger partial charge on any atom is 2.00 e. The minimum Gasteiger partial charge on any atom is 2.00 e. The van der Waals surface area contributed by atoms with Crippen LogP contribution in [-0.4, -0.2) is 32.0 Å². The number of nitriles is 2. The predicted molar refractivity (Wildman–Crippen MR) is 22.7 cm³/mol. The van der Waals surface area contributed by atoms with Crippen LogP contribution in [0.1, 0.15) is 0 Å². The van der Waals surface area contributed by atoms with Gasteiger partial charge in [0.15, 0.2) is 0 Å². The van der Waals surface area contributed by atoms with Crippen LogP contribution >= 0.6 is 0 Å². The van der Waals surface area contributed by atoms with Crippen molar-refractivity contribution in [2.24, 2.45) is 0 Å². The van der Waals surface area contributed by atoms with Crippen LogP contribution in [0.5, 0.6) is 0 Å². The molecule has 0 spiro atoms. The monoisotopic (exact) mass is 275 g/mol. The van der Waals surface area contributed by atoms with Crippen molar-refractivity contribution < 1.29 is 17.1 Å². The SMILES string of the molecule is N#C[Se-].N#C[Se-].[Cu+2]. The first-order chi connectivity index (χ1) is 2.83. The molecular formula is C2CuN2Se2. The van der Waals surface area contributed by atoms with E-state index < -0.39 is 0 Å². The van der Waals surface area contributed by atoms with Gasteiger partial charge in [-0.1, -0.05) is 0 Å². The van der Waals surface area contributed by atoms with Gasteiger partial charge in [0.05, 0.1) is 0 Å². The molecule has 0 N–H and O–H groups in total. The van der Waals surface area contributed by atoms with Crippen molar-refractivity contribution in [1.82, 2.24) is 0 Å². The molecule has 0 amide bonds. The Morgan fingerprint density at radius 3 is 1.00 bits per heavy atom. The van der Waals surface area contributed by atoms with Gasteiger partial charge < -0.3 is 0 Å². The Bertz CT molecular complexity index is 68.7. The normalized spacial score (nSPS) is 2.00. The van der Waals surface area contributed by atoms with Gasteiger partial charge in [-0.15, -0.1) is 0 Å². The van der Waals surface area contributed by atoms with E-state index in [1.165, 1.54) is 0 Å². The topological polar surface area (TPSA) is 47.6 Å². The molecular weight excluding hydrogens is 274 g/mol. The molecule has 5 heteroatoms. The predicted octanol–water partition coefficient (Wildman–Crippen LogP) is -0.731. The first kappa shape index (κ1) is 15.6. The molecule has 0 aromatic heterocycles. The molecule has 2 nitrogen and oxygen atoms in total. The molecule has 0 aromatic rings. The summed E-state index contributed by atoms with van der Waals surface area (Å²) in [7, 11) is 0. The average Bonchev–Trinajstić information content (AvgIpc) is 1.39. The Hall–Kier alpha value is 0.538. The summed E-state index contributed by atoms with van der Waals surface area (Å²) < 4.78 is 0. The second-order valence-corrected chi connectivity index (χ2v) is 0.949. The van der Waals surface area contributed by atoms with E-state index in [2.05, 4.69) is 32.0 Å². The second kappa shape index (κ2) is 31.1. The van der Waals surface area contributed by atoms with E-state index in [1.54, 1.807) is 9.94 Å². The molecule has 0 aliphatic carbocycles. The van der Waals surface area contributed by atoms with Gasteiger partial charge in [-0.3, -0.25) is 0 Å². The van der Waals surface area contributed by atoms with Gasteiger partial charge in [0.25, 0.3) is 0 Å². The van der Waals surface area contributed by atoms with Gasteiger partial charge in [0, 0.05) is 0 Å². The third-order valence-electron chi connectivity index (χ3n) is 0. The Morgan fingerprint density at radius 2 is 1.00 bits per heavy atom. The Morgan fingerprint density at radius 1 is 1.00 bits per heavy atom. The maximum atomic E-state index is 7.26. The smallest absolute Gasteiger partial charge is 2.00 e. The fraction of sp³-hybridized carbons (Fsp3) is 0. The molecule has 0 saturated heterocycles. The molecule has 0 aromatic carbocycles. The zero-order valence-electron chi connectivity index (χ0n) is 3.01. The summed E-state index contributed by atoms with van der Waals surface area (Å²) in [5, 5.41) is 14.5. The zero-order chi connectivity index (χ0) is 5.41. The molecule has 0 aliphatic heterocycles. The first-order valence-electron chi connectivity index (χ1n) is 0.855. The standard InChI is InChI=1S/2CHNSe.Cu/c2*2-1-3;/h2*3H;/q;;+2/p-2. The Balaban J connectivity index is -0.0000000400. The van der Waals surface area contributed by atoms with E-state index >= 15 is 0 Å². The van der Waals surface area contributed by atoms with Crippen LogP contribution in [0.2, 0.25) is 0 Å². The summed E-state index contributed by atoms with van der Waals surface area (Å²) >= 11 is 4.22. The Labute approximate surface area is 69.4 Å². The van der Waals surface area contributed by atoms with Crippen molar-refractivity contribution in [2.45, 2.75) is 0 Å². The van der Waals surface area contributed by atoms with Gasteiger partial charge in [-0.25, -0.2) is 0 Å². The molecule has 0 aliphatic rings. The fourth-order valence-electron chi connectivity index (χ4n) is 0. The third-order valence-corrected chi connectivity index (χ3v) is 0. The Kier molecular flexibility index (Phi) is 69.6. The van der Waals surface area contributed by atoms with Crippen LogP contribution in [0.25, 0.3) is 0 Å². The van der Waals surface area contributed by atoms with Crippen LogP contribution < -0.4 is 0 Å². The van der Waals surface area contributed by atoms with Crippen molar-refractivity contribution in [1.29, 1.82) is 10.5 Å². The van der Waals surface area contributed by atoms with Crippen LogP contribution in [0.4, 0.5) is 0 Å². The fourth-order valence-corrected chi connectivity index (χ4v) is 0. The zero-order valence-corrected chi connectivity index (χ0v) is 7.38. The molecule has 0 bridgehead atoms. The summed E-state index contributed by atoms with van der Waals surface area (Å²) in [6.45, 7) is 0. The molecule has 0 unspecified atom stereocenters. The van der Waals surface area contributed by atoms with Crippen molar-refractivity contribution >= 4 is 32.0 Å². The van der Waals surface area contributed by atoms with Crippen molar-refractivity contribution in [2.75, 3.05) is 0 Å². The molecule has 0 atom stereocenters. The van der Waals surface area contributed by atoms with Gasteiger partial charge in [0.2, 0.25) is 0 Å².